The molecule has 0 saturated heterocycles. The molecule has 0 aliphatic heterocycles. The lowest BCUT2D eigenvalue weighted by molar-refractivity contribution is -0.137. The van der Waals surface area contributed by atoms with Gasteiger partial charge in [0.25, 0.3) is 5.56 Å². The van der Waals surface area contributed by atoms with Crippen LogP contribution in [0.3, 0.4) is 0 Å². The molecule has 3 rings (SSSR count). The van der Waals surface area contributed by atoms with Crippen molar-refractivity contribution in [3.05, 3.63) is 80.6 Å². The van der Waals surface area contributed by atoms with E-state index in [-0.39, 0.29) is 39.2 Å². The lowest BCUT2D eigenvalue weighted by Crippen LogP contribution is -2.30. The number of halogens is 3. The van der Waals surface area contributed by atoms with Crippen molar-refractivity contribution in [2.24, 2.45) is 0 Å². The Labute approximate surface area is 175 Å². The standard InChI is InChI=1S/C20H18F3N2O5S/c1-3-31(29,30)18-7-6-16(25(2,27)28)10-14(18)12-24-9-8-13-4-5-15(20(21,22)23)11-17(13)19(24)26/h4-11H,3,12H2,1-2H3/q-1. The van der Waals surface area contributed by atoms with E-state index in [1.54, 1.807) is 0 Å². The molecule has 0 spiro atoms. The molecule has 1 heterocycles. The number of hydrogen-bond acceptors (Lipinski definition) is 5. The van der Waals surface area contributed by atoms with Crippen molar-refractivity contribution < 1.29 is 21.6 Å². The molecule has 0 unspecified atom stereocenters. The number of quaternary nitrogens is 1. The minimum Gasteiger partial charge on any atom is -0.626 e. The van der Waals surface area contributed by atoms with Crippen LogP contribution in [-0.2, 0) is 22.6 Å². The number of rotatable bonds is 5. The molecule has 7 nitrogen and oxygen atoms in total. The quantitative estimate of drug-likeness (QED) is 0.430. The van der Waals surface area contributed by atoms with Gasteiger partial charge in [0.15, 0.2) is 9.84 Å². The van der Waals surface area contributed by atoms with E-state index in [9.17, 15) is 36.8 Å². The Balaban J connectivity index is 2.19. The summed E-state index contributed by atoms with van der Waals surface area (Å²) >= 11 is 0. The van der Waals surface area contributed by atoms with Gasteiger partial charge in [0.05, 0.1) is 29.8 Å². The van der Waals surface area contributed by atoms with Crippen LogP contribution in [0.25, 0.3) is 10.8 Å². The number of alkyl halides is 3. The molecule has 31 heavy (non-hydrogen) atoms. The molecule has 166 valence electrons. The molecule has 2 aromatic carbocycles. The van der Waals surface area contributed by atoms with Gasteiger partial charge in [-0.2, -0.15) is 13.2 Å². The maximum atomic E-state index is 13.0. The van der Waals surface area contributed by atoms with Crippen molar-refractivity contribution in [3.63, 3.8) is 0 Å². The fraction of sp³-hybridized carbons (Fsp3) is 0.250. The maximum Gasteiger partial charge on any atom is 0.416 e. The molecule has 0 bridgehead atoms. The van der Waals surface area contributed by atoms with Crippen LogP contribution < -0.4 is 10.4 Å². The Kier molecular flexibility index (Phi) is 5.74. The first kappa shape index (κ1) is 22.9. The number of aromatic nitrogens is 1. The largest absolute Gasteiger partial charge is 0.626 e. The Morgan fingerprint density at radius 1 is 1.06 bits per heavy atom. The summed E-state index contributed by atoms with van der Waals surface area (Å²) < 4.78 is 65.1. The molecule has 0 aliphatic carbocycles. The predicted octanol–water partition coefficient (Wildman–Crippen LogP) is 3.79. The van der Waals surface area contributed by atoms with Crippen LogP contribution in [0, 0.1) is 10.4 Å². The smallest absolute Gasteiger partial charge is 0.416 e. The fourth-order valence-corrected chi connectivity index (χ4v) is 4.27. The Morgan fingerprint density at radius 3 is 2.32 bits per heavy atom. The lowest BCUT2D eigenvalue weighted by Gasteiger charge is -2.42. The van der Waals surface area contributed by atoms with E-state index in [1.807, 2.05) is 0 Å². The molecule has 0 radical (unpaired) electrons. The summed E-state index contributed by atoms with van der Waals surface area (Å²) in [6.07, 6.45) is -3.32. The highest BCUT2D eigenvalue weighted by Crippen LogP contribution is 2.31. The third-order valence-corrected chi connectivity index (χ3v) is 6.70. The molecule has 3 aromatic rings. The zero-order chi connectivity index (χ0) is 23.2. The molecule has 1 aromatic heterocycles. The van der Waals surface area contributed by atoms with Crippen LogP contribution in [-0.4, -0.2) is 25.8 Å². The van der Waals surface area contributed by atoms with E-state index >= 15 is 0 Å². The monoisotopic (exact) mass is 455 g/mol. The van der Waals surface area contributed by atoms with Crippen LogP contribution in [0.5, 0.6) is 0 Å². The van der Waals surface area contributed by atoms with E-state index in [1.165, 1.54) is 25.3 Å². The van der Waals surface area contributed by atoms with Gasteiger partial charge in [0, 0.05) is 23.7 Å². The number of sulfone groups is 1. The number of nitrogens with zero attached hydrogens (tertiary/aromatic N) is 2. The average Bonchev–Trinajstić information content (AvgIpc) is 2.68. The molecule has 0 N–H and O–H groups in total. The third-order valence-electron chi connectivity index (χ3n) is 4.87. The van der Waals surface area contributed by atoms with Crippen molar-refractivity contribution >= 4 is 26.3 Å². The van der Waals surface area contributed by atoms with Crippen LogP contribution in [0.15, 0.2) is 58.4 Å². The van der Waals surface area contributed by atoms with Gasteiger partial charge in [-0.05, 0) is 35.2 Å². The van der Waals surface area contributed by atoms with Crippen LogP contribution in [0.2, 0.25) is 0 Å². The van der Waals surface area contributed by atoms with Crippen molar-refractivity contribution in [1.29, 1.82) is 0 Å². The summed E-state index contributed by atoms with van der Waals surface area (Å²) in [5.41, 5.74) is -2.02. The van der Waals surface area contributed by atoms with E-state index < -0.39 is 31.9 Å². The van der Waals surface area contributed by atoms with Crippen molar-refractivity contribution in [3.8, 4) is 0 Å². The predicted molar refractivity (Wildman–Crippen MR) is 111 cm³/mol. The van der Waals surface area contributed by atoms with Gasteiger partial charge in [-0.3, -0.25) is 4.79 Å². The fourth-order valence-electron chi connectivity index (χ4n) is 3.16. The second-order valence-electron chi connectivity index (χ2n) is 7.09. The van der Waals surface area contributed by atoms with Crippen molar-refractivity contribution in [2.75, 3.05) is 12.8 Å². The first-order chi connectivity index (χ1) is 14.2. The van der Waals surface area contributed by atoms with Gasteiger partial charge < -0.3 is 19.8 Å². The number of fused-ring (bicyclic) bond motifs is 1. The Bertz CT molecular complexity index is 1310. The minimum atomic E-state index is -4.64. The highest BCUT2D eigenvalue weighted by molar-refractivity contribution is 7.91. The van der Waals surface area contributed by atoms with Gasteiger partial charge in [-0.1, -0.05) is 13.0 Å². The van der Waals surface area contributed by atoms with E-state index in [0.717, 1.165) is 41.9 Å². The van der Waals surface area contributed by atoms with Crippen LogP contribution >= 0.6 is 0 Å². The molecule has 0 atom stereocenters. The molecule has 0 amide bonds. The second kappa shape index (κ2) is 7.75. The van der Waals surface area contributed by atoms with E-state index in [4.69, 9.17) is 0 Å². The van der Waals surface area contributed by atoms with E-state index in [0.29, 0.717) is 0 Å². The summed E-state index contributed by atoms with van der Waals surface area (Å²) in [6, 6.07) is 7.53. The van der Waals surface area contributed by atoms with E-state index in [2.05, 4.69) is 0 Å². The highest BCUT2D eigenvalue weighted by Gasteiger charge is 2.30. The van der Waals surface area contributed by atoms with Gasteiger partial charge in [-0.15, -0.1) is 0 Å². The number of benzene rings is 2. The summed E-state index contributed by atoms with van der Waals surface area (Å²) in [5, 5.41) is 23.6. The zero-order valence-electron chi connectivity index (χ0n) is 16.5. The van der Waals surface area contributed by atoms with Gasteiger partial charge >= 0.3 is 6.18 Å². The Hall–Kier alpha value is -2.73. The normalized spacial score (nSPS) is 13.0. The maximum absolute atomic E-state index is 13.0. The first-order valence-electron chi connectivity index (χ1n) is 9.09. The second-order valence-corrected chi connectivity index (χ2v) is 9.34. The summed E-state index contributed by atoms with van der Waals surface area (Å²) in [4.78, 5) is 10.6. The average molecular weight is 455 g/mol. The molecule has 0 fully saturated rings. The molecule has 11 heteroatoms. The van der Waals surface area contributed by atoms with Crippen molar-refractivity contribution in [1.82, 2.24) is 9.38 Å². The summed E-state index contributed by atoms with van der Waals surface area (Å²) in [7, 11) is -2.95. The van der Waals surface area contributed by atoms with Crippen LogP contribution in [0.4, 0.5) is 18.9 Å². The molecule has 0 aliphatic rings. The minimum absolute atomic E-state index is 0.0174. The van der Waals surface area contributed by atoms with Crippen LogP contribution in [0.1, 0.15) is 18.1 Å². The number of pyridine rings is 1. The topological polar surface area (TPSA) is 102 Å². The molecular formula is C20H18F3N2O5S-. The molecule has 0 saturated carbocycles. The highest BCUT2D eigenvalue weighted by atomic mass is 32.2. The SMILES string of the molecule is CCS(=O)(=O)c1ccc([N+](C)([O-])[O-])cc1Cn1ccc2ccc(C(F)(F)F)cc2c1=O. The summed E-state index contributed by atoms with van der Waals surface area (Å²) in [6.45, 7) is 1.06. The van der Waals surface area contributed by atoms with Gasteiger partial charge in [-0.25, -0.2) is 8.42 Å². The molecular weight excluding hydrogens is 437 g/mol. The Morgan fingerprint density at radius 2 is 1.74 bits per heavy atom. The number of hydrogen-bond donors (Lipinski definition) is 0. The first-order valence-corrected chi connectivity index (χ1v) is 10.7. The lowest BCUT2D eigenvalue weighted by atomic mass is 10.1. The van der Waals surface area contributed by atoms with Crippen molar-refractivity contribution in [2.45, 2.75) is 24.5 Å². The van der Waals surface area contributed by atoms with Gasteiger partial charge in [0.1, 0.15) is 5.69 Å². The summed E-state index contributed by atoms with van der Waals surface area (Å²) in [5.74, 6) is -0.262. The number of hydroxylamine groups is 2. The van der Waals surface area contributed by atoms with Gasteiger partial charge in [0.2, 0.25) is 0 Å². The third kappa shape index (κ3) is 4.64. The zero-order valence-corrected chi connectivity index (χ0v) is 17.3.